The Labute approximate surface area is 270 Å². The van der Waals surface area contributed by atoms with Crippen molar-refractivity contribution in [3.05, 3.63) is 0 Å². The Balaban J connectivity index is 1.21. The highest BCUT2D eigenvalue weighted by Gasteiger charge is 2.38. The van der Waals surface area contributed by atoms with Gasteiger partial charge in [0.25, 0.3) is 0 Å². The number of carbonyl (C=O) groups is 2. The summed E-state index contributed by atoms with van der Waals surface area (Å²) in [5, 5.41) is 13.1. The molecule has 4 N–H and O–H groups in total. The number of rotatable bonds is 30. The van der Waals surface area contributed by atoms with Crippen LogP contribution in [0.1, 0.15) is 83.5 Å². The van der Waals surface area contributed by atoms with Crippen molar-refractivity contribution >= 4 is 36.2 Å². The van der Waals surface area contributed by atoms with Crippen molar-refractivity contribution in [3.63, 3.8) is 0 Å². The normalized spacial score (nSPS) is 19.5. The van der Waals surface area contributed by atoms with E-state index in [1.54, 1.807) is 0 Å². The van der Waals surface area contributed by atoms with Gasteiger partial charge in [0.05, 0.1) is 52.8 Å². The fourth-order valence-corrected chi connectivity index (χ4v) is 7.09. The summed E-state index contributed by atoms with van der Waals surface area (Å²) in [6, 6.07) is 1.16. The number of fused-ring (bicyclic) bond motifs is 1. The number of thioether (sulfide) groups is 1. The number of carbonyl (C=O) groups excluding carboxylic acids is 2. The van der Waals surface area contributed by atoms with Gasteiger partial charge in [0.15, 0.2) is 0 Å². The molecule has 2 fully saturated rings. The Hall–Kier alpha value is -0.600. The minimum absolute atomic E-state index is 0.00240. The van der Waals surface area contributed by atoms with Gasteiger partial charge in [-0.2, -0.15) is 24.4 Å². The Morgan fingerprint density at radius 1 is 0.674 bits per heavy atom. The first kappa shape index (κ1) is 38.6. The second-order valence-corrected chi connectivity index (χ2v) is 13.0. The summed E-state index contributed by atoms with van der Waals surface area (Å²) in [4.78, 5) is 24.0. The van der Waals surface area contributed by atoms with Crippen LogP contribution < -0.4 is 21.3 Å². The van der Waals surface area contributed by atoms with Gasteiger partial charge in [-0.15, -0.1) is 0 Å². The van der Waals surface area contributed by atoms with Gasteiger partial charge < -0.3 is 29.6 Å². The predicted molar refractivity (Wildman–Crippen MR) is 178 cm³/mol. The van der Waals surface area contributed by atoms with E-state index in [0.29, 0.717) is 76.5 Å². The monoisotopic (exact) mass is 648 g/mol. The average Bonchev–Trinajstić information content (AvgIpc) is 3.63. The summed E-state index contributed by atoms with van der Waals surface area (Å²) in [5.41, 5.74) is 0. The van der Waals surface area contributed by atoms with Gasteiger partial charge in [-0.05, 0) is 31.4 Å². The van der Waals surface area contributed by atoms with Gasteiger partial charge in [0, 0.05) is 49.3 Å². The molecule has 2 rings (SSSR count). The topological polar surface area (TPSA) is 119 Å². The first-order chi connectivity index (χ1) is 21.2. The largest absolute Gasteiger partial charge is 0.379 e. The van der Waals surface area contributed by atoms with E-state index in [1.807, 2.05) is 11.8 Å². The van der Waals surface area contributed by atoms with Crippen molar-refractivity contribution < 1.29 is 28.5 Å². The lowest BCUT2D eigenvalue weighted by Gasteiger charge is -2.17. The summed E-state index contributed by atoms with van der Waals surface area (Å²) in [7, 11) is 0. The molecule has 0 bridgehead atoms. The first-order valence-electron chi connectivity index (χ1n) is 16.7. The van der Waals surface area contributed by atoms with Crippen molar-refractivity contribution in [2.75, 3.05) is 84.1 Å². The zero-order chi connectivity index (χ0) is 30.6. The molecule has 2 heterocycles. The van der Waals surface area contributed by atoms with Crippen LogP contribution in [0.3, 0.4) is 0 Å². The average molecular weight is 649 g/mol. The van der Waals surface area contributed by atoms with Gasteiger partial charge in [-0.1, -0.05) is 51.4 Å². The predicted octanol–water partition coefficient (Wildman–Crippen LogP) is 3.29. The molecule has 3 atom stereocenters. The van der Waals surface area contributed by atoms with Gasteiger partial charge in [-0.25, -0.2) is 0 Å². The van der Waals surface area contributed by atoms with E-state index in [2.05, 4.69) is 33.9 Å². The third kappa shape index (κ3) is 20.9. The van der Waals surface area contributed by atoms with Gasteiger partial charge >= 0.3 is 0 Å². The van der Waals surface area contributed by atoms with Crippen LogP contribution in [0.4, 0.5) is 0 Å². The lowest BCUT2D eigenvalue weighted by Crippen LogP contribution is -2.38. The molecule has 0 aromatic carbocycles. The molecule has 12 heteroatoms. The van der Waals surface area contributed by atoms with Crippen molar-refractivity contribution in [1.82, 2.24) is 21.3 Å². The smallest absolute Gasteiger partial charge is 0.239 e. The SMILES string of the molecule is O=C(CCCCC1SC[C@@H]2NCN[C@H]12)NCC(=O)NCCOCCOCCOCCOCCCCCCCCCCCS. The molecule has 2 saturated heterocycles. The minimum atomic E-state index is -0.205. The van der Waals surface area contributed by atoms with Gasteiger partial charge in [0.1, 0.15) is 0 Å². The number of hydrogen-bond acceptors (Lipinski definition) is 10. The number of unbranched alkanes of at least 4 members (excludes halogenated alkanes) is 9. The fraction of sp³-hybridized carbons (Fsp3) is 0.935. The summed E-state index contributed by atoms with van der Waals surface area (Å²) in [5.74, 6) is 1.91. The molecule has 2 amide bonds. The van der Waals surface area contributed by atoms with E-state index in [-0.39, 0.29) is 18.4 Å². The van der Waals surface area contributed by atoms with Crippen LogP contribution in [0.2, 0.25) is 0 Å². The van der Waals surface area contributed by atoms with E-state index in [4.69, 9.17) is 18.9 Å². The molecular weight excluding hydrogens is 588 g/mol. The van der Waals surface area contributed by atoms with Gasteiger partial charge in [-0.3, -0.25) is 20.2 Å². The molecule has 43 heavy (non-hydrogen) atoms. The van der Waals surface area contributed by atoms with Crippen molar-refractivity contribution in [2.24, 2.45) is 0 Å². The highest BCUT2D eigenvalue weighted by atomic mass is 32.2. The molecule has 2 aliphatic heterocycles. The Morgan fingerprint density at radius 2 is 1.28 bits per heavy atom. The maximum Gasteiger partial charge on any atom is 0.239 e. The van der Waals surface area contributed by atoms with Crippen molar-refractivity contribution in [1.29, 1.82) is 0 Å². The number of amides is 2. The summed E-state index contributed by atoms with van der Waals surface area (Å²) >= 11 is 6.27. The molecule has 0 spiro atoms. The van der Waals surface area contributed by atoms with Crippen LogP contribution in [0.5, 0.6) is 0 Å². The van der Waals surface area contributed by atoms with E-state index in [0.717, 1.165) is 44.7 Å². The molecule has 0 saturated carbocycles. The summed E-state index contributed by atoms with van der Waals surface area (Å²) in [6.45, 7) is 5.72. The van der Waals surface area contributed by atoms with Crippen LogP contribution in [0.25, 0.3) is 0 Å². The lowest BCUT2D eigenvalue weighted by molar-refractivity contribution is -0.126. The van der Waals surface area contributed by atoms with E-state index < -0.39 is 0 Å². The number of thiol groups is 1. The summed E-state index contributed by atoms with van der Waals surface area (Å²) in [6.07, 6.45) is 15.1. The highest BCUT2D eigenvalue weighted by Crippen LogP contribution is 2.32. The zero-order valence-electron chi connectivity index (χ0n) is 26.4. The lowest BCUT2D eigenvalue weighted by atomic mass is 10.0. The summed E-state index contributed by atoms with van der Waals surface area (Å²) < 4.78 is 22.1. The molecule has 0 aromatic heterocycles. The quantitative estimate of drug-likeness (QED) is 0.0591. The number of ether oxygens (including phenoxy) is 4. The minimum Gasteiger partial charge on any atom is -0.379 e. The zero-order valence-corrected chi connectivity index (χ0v) is 28.1. The second-order valence-electron chi connectivity index (χ2n) is 11.3. The first-order valence-corrected chi connectivity index (χ1v) is 18.4. The van der Waals surface area contributed by atoms with Crippen molar-refractivity contribution in [3.8, 4) is 0 Å². The molecular formula is C31H60N4O6S2. The third-order valence-corrected chi connectivity index (χ3v) is 9.57. The molecule has 0 aliphatic carbocycles. The van der Waals surface area contributed by atoms with Crippen molar-refractivity contribution in [2.45, 2.75) is 101 Å². The van der Waals surface area contributed by atoms with Crippen LogP contribution in [0.15, 0.2) is 0 Å². The van der Waals surface area contributed by atoms with Crippen LogP contribution in [-0.2, 0) is 28.5 Å². The molecule has 2 aliphatic rings. The van der Waals surface area contributed by atoms with Gasteiger partial charge in [0.2, 0.25) is 11.8 Å². The van der Waals surface area contributed by atoms with E-state index in [9.17, 15) is 9.59 Å². The Bertz CT molecular complexity index is 697. The number of nitrogens with one attached hydrogen (secondary N) is 4. The standard InChI is InChI=1S/C31H60N4O6S2/c36-29(13-9-8-12-28-31-27(25-43-28)34-26-35-31)33-24-30(37)32-14-16-39-18-20-41-22-21-40-19-17-38-15-10-6-4-2-1-3-5-7-11-23-42/h27-28,31,34-35,42H,1-26H2,(H,32,37)(H,33,36)/t27-,28?,31-/m0/s1. The maximum atomic E-state index is 12.0. The maximum absolute atomic E-state index is 12.0. The Kier molecular flexibility index (Phi) is 24.8. The van der Waals surface area contributed by atoms with E-state index in [1.165, 1.54) is 57.1 Å². The molecule has 0 radical (unpaired) electrons. The highest BCUT2D eigenvalue weighted by molar-refractivity contribution is 8.00. The molecule has 1 unspecified atom stereocenters. The Morgan fingerprint density at radius 3 is 1.95 bits per heavy atom. The van der Waals surface area contributed by atoms with Crippen LogP contribution >= 0.6 is 24.4 Å². The van der Waals surface area contributed by atoms with Crippen LogP contribution in [0, 0.1) is 0 Å². The van der Waals surface area contributed by atoms with Crippen LogP contribution in [-0.4, -0.2) is 113 Å². The number of hydrogen-bond donors (Lipinski definition) is 5. The third-order valence-electron chi connectivity index (χ3n) is 7.75. The molecule has 10 nitrogen and oxygen atoms in total. The second kappa shape index (κ2) is 27.7. The fourth-order valence-electron chi connectivity index (χ4n) is 5.26. The molecule has 0 aromatic rings. The van der Waals surface area contributed by atoms with E-state index >= 15 is 0 Å². The molecule has 252 valence electrons.